The molecule has 92 valence electrons. The fourth-order valence-corrected chi connectivity index (χ4v) is 1.67. The van der Waals surface area contributed by atoms with Crippen molar-refractivity contribution in [2.24, 2.45) is 0 Å². The average molecular weight is 260 g/mol. The second-order valence-electron chi connectivity index (χ2n) is 3.60. The number of hydrogen-bond acceptors (Lipinski definition) is 4. The van der Waals surface area contributed by atoms with Gasteiger partial charge in [0, 0.05) is 5.56 Å². The lowest BCUT2D eigenvalue weighted by atomic mass is 10.0. The molecule has 0 saturated heterocycles. The largest absolute Gasteiger partial charge is 0.511 e. The van der Waals surface area contributed by atoms with E-state index >= 15 is 0 Å². The second-order valence-corrected chi connectivity index (χ2v) is 3.97. The number of nitro benzene ring substituents is 1. The number of benzene rings is 1. The summed E-state index contributed by atoms with van der Waals surface area (Å²) in [6.07, 6.45) is -1.57. The van der Waals surface area contributed by atoms with Gasteiger partial charge >= 0.3 is 6.16 Å². The summed E-state index contributed by atoms with van der Waals surface area (Å²) in [7, 11) is 0. The van der Waals surface area contributed by atoms with Crippen molar-refractivity contribution in [3.8, 4) is 5.75 Å². The molecule has 1 aromatic carbocycles. The average Bonchev–Trinajstić information content (AvgIpc) is 2.19. The SMILES string of the molecule is CC(C)c1ccc(OC(=O)O)c(Cl)c1[N+](=O)[O-]. The quantitative estimate of drug-likeness (QED) is 0.389. The maximum atomic E-state index is 10.9. The number of rotatable bonds is 3. The molecule has 0 aliphatic carbocycles. The maximum absolute atomic E-state index is 10.9. The summed E-state index contributed by atoms with van der Waals surface area (Å²) in [5.74, 6) is -0.345. The predicted octanol–water partition coefficient (Wildman–Crippen LogP) is 3.43. The number of carbonyl (C=O) groups is 1. The number of hydrogen-bond donors (Lipinski definition) is 1. The lowest BCUT2D eigenvalue weighted by Gasteiger charge is -2.10. The Morgan fingerprint density at radius 3 is 2.53 bits per heavy atom. The van der Waals surface area contributed by atoms with Gasteiger partial charge in [-0.1, -0.05) is 25.4 Å². The van der Waals surface area contributed by atoms with Gasteiger partial charge in [-0.25, -0.2) is 4.79 Å². The molecule has 7 heteroatoms. The van der Waals surface area contributed by atoms with Crippen LogP contribution in [-0.2, 0) is 0 Å². The van der Waals surface area contributed by atoms with Crippen LogP contribution in [0.5, 0.6) is 5.75 Å². The van der Waals surface area contributed by atoms with Crippen LogP contribution in [0.25, 0.3) is 0 Å². The zero-order chi connectivity index (χ0) is 13.2. The first-order valence-electron chi connectivity index (χ1n) is 4.72. The third-order valence-corrected chi connectivity index (χ3v) is 2.48. The van der Waals surface area contributed by atoms with Crippen LogP contribution in [0.1, 0.15) is 25.3 Å². The molecule has 0 aliphatic heterocycles. The van der Waals surface area contributed by atoms with Crippen molar-refractivity contribution in [1.82, 2.24) is 0 Å². The number of nitro groups is 1. The van der Waals surface area contributed by atoms with E-state index in [1.54, 1.807) is 13.8 Å². The van der Waals surface area contributed by atoms with E-state index in [0.717, 1.165) is 0 Å². The van der Waals surface area contributed by atoms with Gasteiger partial charge in [-0.3, -0.25) is 10.1 Å². The minimum Gasteiger partial charge on any atom is -0.449 e. The summed E-state index contributed by atoms with van der Waals surface area (Å²) >= 11 is 5.77. The van der Waals surface area contributed by atoms with E-state index in [9.17, 15) is 14.9 Å². The highest BCUT2D eigenvalue weighted by molar-refractivity contribution is 6.34. The fourth-order valence-electron chi connectivity index (χ4n) is 1.39. The number of halogens is 1. The minimum atomic E-state index is -1.57. The van der Waals surface area contributed by atoms with E-state index in [2.05, 4.69) is 4.74 Å². The van der Waals surface area contributed by atoms with Crippen molar-refractivity contribution in [2.45, 2.75) is 19.8 Å². The number of ether oxygens (including phenoxy) is 1. The highest BCUT2D eigenvalue weighted by Gasteiger charge is 2.25. The summed E-state index contributed by atoms with van der Waals surface area (Å²) in [5.41, 5.74) is 0.109. The van der Waals surface area contributed by atoms with Gasteiger partial charge in [-0.05, 0) is 18.1 Å². The molecule has 1 aromatic rings. The Balaban J connectivity index is 3.38. The molecule has 0 atom stereocenters. The molecule has 0 saturated carbocycles. The summed E-state index contributed by atoms with van der Waals surface area (Å²) < 4.78 is 4.35. The van der Waals surface area contributed by atoms with Gasteiger partial charge in [-0.15, -0.1) is 0 Å². The molecular formula is C10H10ClNO5. The van der Waals surface area contributed by atoms with Gasteiger partial charge < -0.3 is 9.84 Å². The maximum Gasteiger partial charge on any atom is 0.511 e. The van der Waals surface area contributed by atoms with Crippen molar-refractivity contribution in [3.63, 3.8) is 0 Å². The van der Waals surface area contributed by atoms with Gasteiger partial charge in [0.05, 0.1) is 4.92 Å². The van der Waals surface area contributed by atoms with Gasteiger partial charge in [0.2, 0.25) is 0 Å². The van der Waals surface area contributed by atoms with Gasteiger partial charge in [0.15, 0.2) is 10.8 Å². The van der Waals surface area contributed by atoms with Gasteiger partial charge in [0.1, 0.15) is 0 Å². The van der Waals surface area contributed by atoms with E-state index in [-0.39, 0.29) is 22.4 Å². The minimum absolute atomic E-state index is 0.105. The molecule has 0 radical (unpaired) electrons. The smallest absolute Gasteiger partial charge is 0.449 e. The van der Waals surface area contributed by atoms with Crippen molar-refractivity contribution in [3.05, 3.63) is 32.8 Å². The van der Waals surface area contributed by atoms with Gasteiger partial charge in [-0.2, -0.15) is 0 Å². The Bertz CT molecular complexity index is 472. The van der Waals surface area contributed by atoms with Crippen molar-refractivity contribution >= 4 is 23.4 Å². The van der Waals surface area contributed by atoms with Crippen LogP contribution >= 0.6 is 11.6 Å². The molecule has 1 rings (SSSR count). The van der Waals surface area contributed by atoms with Crippen LogP contribution in [0.2, 0.25) is 5.02 Å². The summed E-state index contributed by atoms with van der Waals surface area (Å²) in [4.78, 5) is 20.6. The standard InChI is InChI=1S/C10H10ClNO5/c1-5(2)6-3-4-7(17-10(13)14)8(11)9(6)12(15)16/h3-5H,1-2H3,(H,13,14). The molecule has 6 nitrogen and oxygen atoms in total. The van der Waals surface area contributed by atoms with E-state index in [1.165, 1.54) is 12.1 Å². The predicted molar refractivity (Wildman–Crippen MR) is 60.8 cm³/mol. The van der Waals surface area contributed by atoms with Crippen LogP contribution in [-0.4, -0.2) is 16.2 Å². The molecule has 0 unspecified atom stereocenters. The molecule has 0 bridgehead atoms. The molecule has 0 aliphatic rings. The van der Waals surface area contributed by atoms with E-state index in [4.69, 9.17) is 16.7 Å². The monoisotopic (exact) mass is 259 g/mol. The van der Waals surface area contributed by atoms with Crippen molar-refractivity contribution in [2.75, 3.05) is 0 Å². The highest BCUT2D eigenvalue weighted by atomic mass is 35.5. The molecule has 1 N–H and O–H groups in total. The summed E-state index contributed by atoms with van der Waals surface area (Å²) in [6.45, 7) is 3.55. The van der Waals surface area contributed by atoms with Crippen LogP contribution in [0.3, 0.4) is 0 Å². The zero-order valence-electron chi connectivity index (χ0n) is 9.14. The Labute approximate surface area is 102 Å². The normalized spacial score (nSPS) is 10.4. The van der Waals surface area contributed by atoms with Crippen molar-refractivity contribution in [1.29, 1.82) is 0 Å². The Morgan fingerprint density at radius 2 is 2.12 bits per heavy atom. The summed E-state index contributed by atoms with van der Waals surface area (Å²) in [6, 6.07) is 2.74. The first kappa shape index (κ1) is 13.2. The van der Waals surface area contributed by atoms with Crippen LogP contribution in [0.4, 0.5) is 10.5 Å². The molecule has 0 fully saturated rings. The molecule has 17 heavy (non-hydrogen) atoms. The first-order chi connectivity index (χ1) is 7.84. The zero-order valence-corrected chi connectivity index (χ0v) is 9.89. The number of carboxylic acid groups (broad SMARTS) is 1. The lowest BCUT2D eigenvalue weighted by Crippen LogP contribution is -2.06. The topological polar surface area (TPSA) is 89.7 Å². The third-order valence-electron chi connectivity index (χ3n) is 2.11. The van der Waals surface area contributed by atoms with Crippen LogP contribution in [0, 0.1) is 10.1 Å². The molecule has 0 heterocycles. The Hall–Kier alpha value is -1.82. The third kappa shape index (κ3) is 2.85. The molecular weight excluding hydrogens is 250 g/mol. The first-order valence-corrected chi connectivity index (χ1v) is 5.10. The lowest BCUT2D eigenvalue weighted by molar-refractivity contribution is -0.385. The van der Waals surface area contributed by atoms with Crippen LogP contribution < -0.4 is 4.74 Å². The van der Waals surface area contributed by atoms with Gasteiger partial charge in [0.25, 0.3) is 5.69 Å². The van der Waals surface area contributed by atoms with Crippen molar-refractivity contribution < 1.29 is 19.6 Å². The second kappa shape index (κ2) is 5.01. The van der Waals surface area contributed by atoms with E-state index in [0.29, 0.717) is 5.56 Å². The Morgan fingerprint density at radius 1 is 1.53 bits per heavy atom. The highest BCUT2D eigenvalue weighted by Crippen LogP contribution is 2.39. The molecule has 0 spiro atoms. The summed E-state index contributed by atoms with van der Waals surface area (Å²) in [5, 5.41) is 19.0. The van der Waals surface area contributed by atoms with E-state index < -0.39 is 11.1 Å². The van der Waals surface area contributed by atoms with Crippen LogP contribution in [0.15, 0.2) is 12.1 Å². The Kier molecular flexibility index (Phi) is 3.90. The fraction of sp³-hybridized carbons (Fsp3) is 0.300. The number of nitrogens with zero attached hydrogens (tertiary/aromatic N) is 1. The molecule has 0 aromatic heterocycles. The van der Waals surface area contributed by atoms with E-state index in [1.807, 2.05) is 0 Å². The molecule has 0 amide bonds.